The second-order valence-corrected chi connectivity index (χ2v) is 9.67. The summed E-state index contributed by atoms with van der Waals surface area (Å²) < 4.78 is 1.11. The third kappa shape index (κ3) is 4.09. The van der Waals surface area contributed by atoms with Crippen molar-refractivity contribution < 1.29 is 4.79 Å². The normalized spacial score (nSPS) is 13.6. The molecule has 0 aliphatic heterocycles. The van der Waals surface area contributed by atoms with Gasteiger partial charge in [0, 0.05) is 29.0 Å². The Morgan fingerprint density at radius 2 is 2.00 bits per heavy atom. The molecule has 1 aliphatic rings. The number of hydrogen-bond acceptors (Lipinski definition) is 6. The molecule has 3 nitrogen and oxygen atoms in total. The number of rotatable bonds is 5. The Balaban J connectivity index is 1.61. The molecule has 3 aromatic rings. The third-order valence-electron chi connectivity index (χ3n) is 4.42. The van der Waals surface area contributed by atoms with E-state index in [0.717, 1.165) is 49.1 Å². The lowest BCUT2D eigenvalue weighted by Crippen LogP contribution is -2.09. The number of thiophene rings is 1. The first kappa shape index (κ1) is 19.0. The van der Waals surface area contributed by atoms with Crippen molar-refractivity contribution in [3.8, 4) is 10.6 Å². The summed E-state index contributed by atoms with van der Waals surface area (Å²) in [7, 11) is 0. The number of carbonyl (C=O) groups is 1. The van der Waals surface area contributed by atoms with Crippen LogP contribution in [0.25, 0.3) is 10.6 Å². The Hall–Kier alpha value is -1.34. The molecular formula is C20H17ClN2OS3. The van der Waals surface area contributed by atoms with Crippen molar-refractivity contribution >= 4 is 52.2 Å². The maximum Gasteiger partial charge on any atom is 0.188 e. The Bertz CT molecular complexity index is 985. The quantitative estimate of drug-likeness (QED) is 0.345. The summed E-state index contributed by atoms with van der Waals surface area (Å²) in [6.45, 7) is 0. The van der Waals surface area contributed by atoms with Crippen LogP contribution in [0.15, 0.2) is 45.9 Å². The molecule has 0 radical (unpaired) electrons. The maximum absolute atomic E-state index is 12.4. The zero-order valence-electron chi connectivity index (χ0n) is 14.7. The number of carbonyl (C=O) groups excluding carboxylic acids is 1. The van der Waals surface area contributed by atoms with Crippen LogP contribution in [0.4, 0.5) is 0 Å². The smallest absolute Gasteiger partial charge is 0.188 e. The minimum absolute atomic E-state index is 0.273. The molecule has 0 atom stereocenters. The molecule has 2 aromatic heterocycles. The molecule has 4 rings (SSSR count). The lowest BCUT2D eigenvalue weighted by molar-refractivity contribution is 0.0970. The van der Waals surface area contributed by atoms with Gasteiger partial charge in [0.05, 0.1) is 14.8 Å². The van der Waals surface area contributed by atoms with E-state index in [1.54, 1.807) is 34.9 Å². The van der Waals surface area contributed by atoms with E-state index in [2.05, 4.69) is 4.98 Å². The van der Waals surface area contributed by atoms with E-state index >= 15 is 0 Å². The van der Waals surface area contributed by atoms with Crippen LogP contribution in [-0.2, 0) is 12.2 Å². The average molecular weight is 433 g/mol. The molecule has 0 fully saturated rings. The molecule has 27 heavy (non-hydrogen) atoms. The van der Waals surface area contributed by atoms with Gasteiger partial charge >= 0.3 is 0 Å². The van der Waals surface area contributed by atoms with Gasteiger partial charge in [0.1, 0.15) is 0 Å². The number of hydrogen-bond donors (Lipinski definition) is 0. The first-order valence-electron chi connectivity index (χ1n) is 8.59. The number of ketones is 1. The fourth-order valence-corrected chi connectivity index (χ4v) is 6.14. The van der Waals surface area contributed by atoms with Crippen LogP contribution in [0.1, 0.15) is 34.3 Å². The summed E-state index contributed by atoms with van der Waals surface area (Å²) in [6.07, 6.45) is 6.37. The second kappa shape index (κ2) is 8.35. The molecule has 0 saturated carbocycles. The zero-order chi connectivity index (χ0) is 18.8. The van der Waals surface area contributed by atoms with Gasteiger partial charge in [0.15, 0.2) is 10.9 Å². The fourth-order valence-electron chi connectivity index (χ4n) is 3.13. The van der Waals surface area contributed by atoms with Crippen molar-refractivity contribution in [2.24, 2.45) is 0 Å². The topological polar surface area (TPSA) is 42.9 Å². The first-order chi connectivity index (χ1) is 13.2. The molecule has 1 aliphatic carbocycles. The molecule has 0 N–H and O–H groups in total. The van der Waals surface area contributed by atoms with Crippen LogP contribution < -0.4 is 0 Å². The number of thioether (sulfide) groups is 2. The van der Waals surface area contributed by atoms with Gasteiger partial charge in [-0.15, -0.1) is 23.1 Å². The molecule has 0 bridgehead atoms. The number of aromatic nitrogens is 2. The highest BCUT2D eigenvalue weighted by molar-refractivity contribution is 8.00. The predicted molar refractivity (Wildman–Crippen MR) is 115 cm³/mol. The van der Waals surface area contributed by atoms with E-state index in [1.165, 1.54) is 11.1 Å². The van der Waals surface area contributed by atoms with Crippen molar-refractivity contribution in [2.75, 3.05) is 6.26 Å². The Labute approximate surface area is 176 Å². The van der Waals surface area contributed by atoms with Crippen molar-refractivity contribution in [1.82, 2.24) is 9.97 Å². The van der Waals surface area contributed by atoms with Crippen molar-refractivity contribution in [3.63, 3.8) is 0 Å². The third-order valence-corrected chi connectivity index (χ3v) is 7.98. The number of benzene rings is 1. The Morgan fingerprint density at radius 1 is 1.19 bits per heavy atom. The number of fused-ring (bicyclic) bond motifs is 1. The molecular weight excluding hydrogens is 416 g/mol. The summed E-state index contributed by atoms with van der Waals surface area (Å²) in [5.41, 5.74) is 4.21. The average Bonchev–Trinajstić information content (AvgIpc) is 3.08. The van der Waals surface area contributed by atoms with Gasteiger partial charge in [0.25, 0.3) is 0 Å². The van der Waals surface area contributed by atoms with Gasteiger partial charge in [-0.3, -0.25) is 4.79 Å². The van der Waals surface area contributed by atoms with Crippen LogP contribution in [0.3, 0.4) is 0 Å². The lowest BCUT2D eigenvalue weighted by atomic mass is 9.92. The summed E-state index contributed by atoms with van der Waals surface area (Å²) in [6, 6.07) is 9.78. The van der Waals surface area contributed by atoms with Gasteiger partial charge in [-0.25, -0.2) is 9.97 Å². The molecule has 2 heterocycles. The molecule has 0 saturated heterocycles. The van der Waals surface area contributed by atoms with E-state index in [4.69, 9.17) is 16.6 Å². The number of Topliss-reactive ketones (excluding diaryl/α,β-unsaturated/α-hetero) is 1. The van der Waals surface area contributed by atoms with Gasteiger partial charge in [-0.2, -0.15) is 0 Å². The molecule has 0 spiro atoms. The van der Waals surface area contributed by atoms with Crippen LogP contribution in [0.2, 0.25) is 5.02 Å². The summed E-state index contributed by atoms with van der Waals surface area (Å²) in [5, 5.41) is 1.49. The zero-order valence-corrected chi connectivity index (χ0v) is 17.9. The highest BCUT2D eigenvalue weighted by Gasteiger charge is 2.27. The maximum atomic E-state index is 12.4. The Morgan fingerprint density at radius 3 is 2.78 bits per heavy atom. The van der Waals surface area contributed by atoms with Crippen LogP contribution >= 0.6 is 46.5 Å². The fraction of sp³-hybridized carbons (Fsp3) is 0.250. The largest absolute Gasteiger partial charge is 0.294 e. The Kier molecular flexibility index (Phi) is 5.88. The first-order valence-corrected chi connectivity index (χ1v) is 12.0. The van der Waals surface area contributed by atoms with E-state index in [0.29, 0.717) is 6.42 Å². The minimum Gasteiger partial charge on any atom is -0.294 e. The van der Waals surface area contributed by atoms with Gasteiger partial charge < -0.3 is 0 Å². The van der Waals surface area contributed by atoms with E-state index in [1.807, 2.05) is 42.8 Å². The van der Waals surface area contributed by atoms with Crippen molar-refractivity contribution in [2.45, 2.75) is 34.4 Å². The monoisotopic (exact) mass is 432 g/mol. The minimum atomic E-state index is 0.273. The molecule has 7 heteroatoms. The van der Waals surface area contributed by atoms with E-state index in [9.17, 15) is 4.79 Å². The van der Waals surface area contributed by atoms with Gasteiger partial charge in [-0.1, -0.05) is 35.5 Å². The lowest BCUT2D eigenvalue weighted by Gasteiger charge is -2.12. The molecule has 138 valence electrons. The second-order valence-electron chi connectivity index (χ2n) is 6.19. The van der Waals surface area contributed by atoms with Gasteiger partial charge in [0.2, 0.25) is 0 Å². The van der Waals surface area contributed by atoms with Crippen LogP contribution in [0.5, 0.6) is 0 Å². The molecule has 1 aromatic carbocycles. The van der Waals surface area contributed by atoms with Crippen LogP contribution in [0, 0.1) is 0 Å². The summed E-state index contributed by atoms with van der Waals surface area (Å²) in [5.74, 6) is 1.06. The van der Waals surface area contributed by atoms with Gasteiger partial charge in [-0.05, 0) is 48.4 Å². The predicted octanol–water partition coefficient (Wildman–Crippen LogP) is 6.39. The van der Waals surface area contributed by atoms with Crippen molar-refractivity contribution in [1.29, 1.82) is 0 Å². The van der Waals surface area contributed by atoms with E-state index in [-0.39, 0.29) is 5.78 Å². The highest BCUT2D eigenvalue weighted by Crippen LogP contribution is 2.44. The molecule has 0 unspecified atom stereocenters. The standard InChI is InChI=1S/C20H17ClN2OS3/c1-25-19-17-14(3-2-4-16(17)24)18(27-19)15-9-10-22-20(23-15)26-11-12-5-7-13(21)8-6-12/h5-10H,2-4,11H2,1H3. The van der Waals surface area contributed by atoms with Crippen LogP contribution in [-0.4, -0.2) is 22.0 Å². The van der Waals surface area contributed by atoms with E-state index < -0.39 is 0 Å². The summed E-state index contributed by atoms with van der Waals surface area (Å²) in [4.78, 5) is 22.7. The SMILES string of the molecule is CSc1sc(-c2ccnc(SCc3ccc(Cl)cc3)n2)c2c1C(=O)CCC2. The van der Waals surface area contributed by atoms with Crippen molar-refractivity contribution in [3.05, 3.63) is 58.2 Å². The summed E-state index contributed by atoms with van der Waals surface area (Å²) >= 11 is 10.9. The molecule has 0 amide bonds. The number of halogens is 1. The number of nitrogens with zero attached hydrogens (tertiary/aromatic N) is 2. The highest BCUT2D eigenvalue weighted by atomic mass is 35.5.